The molecule has 1 aromatic rings. The van der Waals surface area contributed by atoms with Crippen molar-refractivity contribution in [1.29, 1.82) is 0 Å². The molecule has 144 valence electrons. The first-order valence-electron chi connectivity index (χ1n) is 8.18. The Labute approximate surface area is 153 Å². The van der Waals surface area contributed by atoms with E-state index in [2.05, 4.69) is 6.58 Å². The normalized spacial score (nSPS) is 10.9. The van der Waals surface area contributed by atoms with Gasteiger partial charge in [-0.05, 0) is 27.7 Å². The van der Waals surface area contributed by atoms with Crippen molar-refractivity contribution in [1.82, 2.24) is 9.58 Å². The maximum absolute atomic E-state index is 12.7. The highest BCUT2D eigenvalue weighted by molar-refractivity contribution is 5.90. The van der Waals surface area contributed by atoms with Crippen molar-refractivity contribution < 1.29 is 19.1 Å². The number of hydrogen-bond donors (Lipinski definition) is 0. The SMILES string of the molecule is C=Cc1c(N(C)N(C)C(=O)OC(C)(C)C)n(C)cc(C(=O)OCC)c1=O. The summed E-state index contributed by atoms with van der Waals surface area (Å²) >= 11 is 0. The molecule has 1 amide bonds. The minimum absolute atomic E-state index is 0.0960. The zero-order chi connectivity index (χ0) is 20.2. The van der Waals surface area contributed by atoms with Crippen LogP contribution in [0.1, 0.15) is 43.6 Å². The van der Waals surface area contributed by atoms with Crippen molar-refractivity contribution in [3.8, 4) is 0 Å². The lowest BCUT2D eigenvalue weighted by molar-refractivity contribution is 0.0284. The van der Waals surface area contributed by atoms with E-state index in [4.69, 9.17) is 9.47 Å². The Balaban J connectivity index is 3.38. The second kappa shape index (κ2) is 8.07. The van der Waals surface area contributed by atoms with E-state index in [9.17, 15) is 14.4 Å². The summed E-state index contributed by atoms with van der Waals surface area (Å²) in [6.45, 7) is 10.8. The number of carbonyl (C=O) groups excluding carboxylic acids is 2. The maximum Gasteiger partial charge on any atom is 0.429 e. The third-order valence-corrected chi connectivity index (χ3v) is 3.50. The third-order valence-electron chi connectivity index (χ3n) is 3.50. The molecule has 1 heterocycles. The molecule has 0 bridgehead atoms. The van der Waals surface area contributed by atoms with Gasteiger partial charge in [-0.2, -0.15) is 0 Å². The van der Waals surface area contributed by atoms with E-state index < -0.39 is 23.1 Å². The van der Waals surface area contributed by atoms with Crippen LogP contribution in [0.3, 0.4) is 0 Å². The Bertz CT molecular complexity index is 761. The number of pyridine rings is 1. The van der Waals surface area contributed by atoms with E-state index >= 15 is 0 Å². The first-order chi connectivity index (χ1) is 11.9. The van der Waals surface area contributed by atoms with E-state index in [-0.39, 0.29) is 17.7 Å². The van der Waals surface area contributed by atoms with Crippen molar-refractivity contribution in [2.75, 3.05) is 25.7 Å². The monoisotopic (exact) mass is 365 g/mol. The second-order valence-electron chi connectivity index (χ2n) is 6.67. The van der Waals surface area contributed by atoms with Gasteiger partial charge in [0, 0.05) is 27.3 Å². The average Bonchev–Trinajstić information content (AvgIpc) is 2.53. The number of nitrogens with zero attached hydrogens (tertiary/aromatic N) is 3. The molecule has 8 nitrogen and oxygen atoms in total. The van der Waals surface area contributed by atoms with E-state index in [1.165, 1.54) is 29.3 Å². The van der Waals surface area contributed by atoms with Crippen LogP contribution in [-0.2, 0) is 16.5 Å². The topological polar surface area (TPSA) is 81.1 Å². The lowest BCUT2D eigenvalue weighted by Crippen LogP contribution is -2.46. The molecule has 0 spiro atoms. The molecule has 0 fully saturated rings. The number of aromatic nitrogens is 1. The van der Waals surface area contributed by atoms with Crippen LogP contribution in [0.25, 0.3) is 6.08 Å². The van der Waals surface area contributed by atoms with Crippen LogP contribution in [-0.4, -0.2) is 47.9 Å². The second-order valence-corrected chi connectivity index (χ2v) is 6.67. The van der Waals surface area contributed by atoms with Crippen molar-refractivity contribution in [3.63, 3.8) is 0 Å². The Morgan fingerprint density at radius 3 is 2.35 bits per heavy atom. The van der Waals surface area contributed by atoms with E-state index in [0.29, 0.717) is 5.82 Å². The summed E-state index contributed by atoms with van der Waals surface area (Å²) in [5, 5.41) is 2.69. The predicted octanol–water partition coefficient (Wildman–Crippen LogP) is 2.42. The molecular formula is C18H27N3O5. The van der Waals surface area contributed by atoms with Gasteiger partial charge >= 0.3 is 12.1 Å². The van der Waals surface area contributed by atoms with E-state index in [0.717, 1.165) is 0 Å². The number of hydrazine groups is 1. The Hall–Kier alpha value is -2.77. The number of ether oxygens (including phenoxy) is 2. The summed E-state index contributed by atoms with van der Waals surface area (Å²) in [4.78, 5) is 37.0. The summed E-state index contributed by atoms with van der Waals surface area (Å²) in [6, 6.07) is 0. The van der Waals surface area contributed by atoms with Crippen LogP contribution in [0, 0.1) is 0 Å². The maximum atomic E-state index is 12.7. The fourth-order valence-electron chi connectivity index (χ4n) is 2.28. The molecule has 0 radical (unpaired) electrons. The fraction of sp³-hybridized carbons (Fsp3) is 0.500. The van der Waals surface area contributed by atoms with E-state index in [1.54, 1.807) is 46.4 Å². The molecule has 8 heteroatoms. The summed E-state index contributed by atoms with van der Waals surface area (Å²) in [5.41, 5.74) is -1.10. The smallest absolute Gasteiger partial charge is 0.429 e. The summed E-state index contributed by atoms with van der Waals surface area (Å²) in [6.07, 6.45) is 2.14. The van der Waals surface area contributed by atoms with Gasteiger partial charge in [0.1, 0.15) is 17.0 Å². The number of rotatable bonds is 5. The van der Waals surface area contributed by atoms with Crippen LogP contribution >= 0.6 is 0 Å². The molecule has 0 saturated heterocycles. The van der Waals surface area contributed by atoms with Gasteiger partial charge in [0.05, 0.1) is 12.2 Å². The molecule has 0 atom stereocenters. The molecule has 0 aliphatic rings. The molecule has 0 unspecified atom stereocenters. The van der Waals surface area contributed by atoms with Gasteiger partial charge in [-0.25, -0.2) is 14.6 Å². The highest BCUT2D eigenvalue weighted by atomic mass is 16.6. The zero-order valence-corrected chi connectivity index (χ0v) is 16.5. The summed E-state index contributed by atoms with van der Waals surface area (Å²) in [7, 11) is 4.78. The molecule has 1 aromatic heterocycles. The molecule has 0 aliphatic carbocycles. The van der Waals surface area contributed by atoms with Crippen molar-refractivity contribution >= 4 is 24.0 Å². The lowest BCUT2D eigenvalue weighted by atomic mass is 10.1. The van der Waals surface area contributed by atoms with Crippen LogP contribution in [0.15, 0.2) is 17.6 Å². The number of carbonyl (C=O) groups is 2. The summed E-state index contributed by atoms with van der Waals surface area (Å²) < 4.78 is 11.8. The molecule has 0 N–H and O–H groups in total. The molecule has 0 saturated carbocycles. The number of amides is 1. The lowest BCUT2D eigenvalue weighted by Gasteiger charge is -2.33. The number of aryl methyl sites for hydroxylation is 1. The average molecular weight is 365 g/mol. The largest absolute Gasteiger partial charge is 0.462 e. The van der Waals surface area contributed by atoms with Gasteiger partial charge in [0.2, 0.25) is 5.43 Å². The van der Waals surface area contributed by atoms with Crippen molar-refractivity contribution in [3.05, 3.63) is 34.1 Å². The van der Waals surface area contributed by atoms with Gasteiger partial charge in [-0.15, -0.1) is 0 Å². The first kappa shape index (κ1) is 21.3. The number of esters is 1. The number of anilines is 1. The van der Waals surface area contributed by atoms with Gasteiger partial charge in [-0.1, -0.05) is 12.7 Å². The molecule has 26 heavy (non-hydrogen) atoms. The summed E-state index contributed by atoms with van der Waals surface area (Å²) in [5.74, 6) is -0.322. The van der Waals surface area contributed by atoms with Gasteiger partial charge in [-0.3, -0.25) is 9.80 Å². The molecule has 0 aromatic carbocycles. The van der Waals surface area contributed by atoms with Crippen LogP contribution in [0.5, 0.6) is 0 Å². The quantitative estimate of drug-likeness (QED) is 0.589. The van der Waals surface area contributed by atoms with Crippen LogP contribution in [0.4, 0.5) is 10.6 Å². The van der Waals surface area contributed by atoms with Crippen molar-refractivity contribution in [2.24, 2.45) is 7.05 Å². The predicted molar refractivity (Wildman–Crippen MR) is 100 cm³/mol. The highest BCUT2D eigenvalue weighted by Gasteiger charge is 2.26. The van der Waals surface area contributed by atoms with Gasteiger partial charge in [0.25, 0.3) is 0 Å². The van der Waals surface area contributed by atoms with Crippen LogP contribution in [0.2, 0.25) is 0 Å². The fourth-order valence-corrected chi connectivity index (χ4v) is 2.28. The Morgan fingerprint density at radius 1 is 1.31 bits per heavy atom. The molecular weight excluding hydrogens is 338 g/mol. The molecule has 1 rings (SSSR count). The Kier molecular flexibility index (Phi) is 6.60. The molecule has 0 aliphatic heterocycles. The minimum Gasteiger partial charge on any atom is -0.462 e. The van der Waals surface area contributed by atoms with E-state index in [1.807, 2.05) is 0 Å². The number of hydrogen-bond acceptors (Lipinski definition) is 6. The first-order valence-corrected chi connectivity index (χ1v) is 8.18. The standard InChI is InChI=1S/C18H27N3O5/c1-9-12-14(22)13(16(23)25-10-2)11-19(6)15(12)20(7)21(8)17(24)26-18(3,4)5/h9,11H,1,10H2,2-8H3. The Morgan fingerprint density at radius 2 is 1.88 bits per heavy atom. The van der Waals surface area contributed by atoms with Gasteiger partial charge in [0.15, 0.2) is 0 Å². The minimum atomic E-state index is -0.703. The third kappa shape index (κ3) is 4.65. The van der Waals surface area contributed by atoms with Gasteiger partial charge < -0.3 is 14.0 Å². The van der Waals surface area contributed by atoms with Crippen LogP contribution < -0.4 is 10.4 Å². The van der Waals surface area contributed by atoms with Crippen molar-refractivity contribution in [2.45, 2.75) is 33.3 Å². The highest BCUT2D eigenvalue weighted by Crippen LogP contribution is 2.21. The zero-order valence-electron chi connectivity index (χ0n) is 16.5.